The van der Waals surface area contributed by atoms with Gasteiger partial charge in [0.1, 0.15) is 0 Å². The fraction of sp³-hybridized carbons (Fsp3) is 0.263. The van der Waals surface area contributed by atoms with E-state index in [2.05, 4.69) is 22.9 Å². The van der Waals surface area contributed by atoms with Crippen molar-refractivity contribution >= 4 is 35.2 Å². The minimum absolute atomic E-state index is 0.630. The van der Waals surface area contributed by atoms with Crippen LogP contribution in [0.15, 0.2) is 48.4 Å². The summed E-state index contributed by atoms with van der Waals surface area (Å²) >= 11 is 13.6. The normalized spacial score (nSPS) is 14.3. The lowest BCUT2D eigenvalue weighted by Crippen LogP contribution is -2.32. The summed E-state index contributed by atoms with van der Waals surface area (Å²) in [6, 6.07) is 9.92. The van der Waals surface area contributed by atoms with Crippen LogP contribution in [0.5, 0.6) is 0 Å². The van der Waals surface area contributed by atoms with E-state index in [1.807, 2.05) is 50.9 Å². The standard InChI is InChI=1S/C19H19ClN4S2/c1-2-9-23-18(14-3-5-16(20)6-4-14)21-24(19(23)25)13-22-10-7-17-15(12-22)8-11-26-17/h2-6,8,11H,1,7,9-10,12-13H2. The van der Waals surface area contributed by atoms with Crippen molar-refractivity contribution in [1.82, 2.24) is 19.2 Å². The van der Waals surface area contributed by atoms with Crippen LogP contribution in [0.2, 0.25) is 5.02 Å². The molecule has 2 aromatic heterocycles. The molecule has 1 aliphatic heterocycles. The summed E-state index contributed by atoms with van der Waals surface area (Å²) in [4.78, 5) is 3.89. The molecule has 3 aromatic rings. The number of rotatable bonds is 5. The Labute approximate surface area is 167 Å². The van der Waals surface area contributed by atoms with Crippen molar-refractivity contribution in [2.45, 2.75) is 26.2 Å². The van der Waals surface area contributed by atoms with Gasteiger partial charge in [-0.25, -0.2) is 4.68 Å². The van der Waals surface area contributed by atoms with E-state index >= 15 is 0 Å². The van der Waals surface area contributed by atoms with E-state index in [1.165, 1.54) is 10.4 Å². The number of benzene rings is 1. The third kappa shape index (κ3) is 3.42. The van der Waals surface area contributed by atoms with Gasteiger partial charge in [-0.05, 0) is 59.9 Å². The van der Waals surface area contributed by atoms with Crippen LogP contribution in [0, 0.1) is 4.77 Å². The first-order valence-electron chi connectivity index (χ1n) is 8.48. The summed E-state index contributed by atoms with van der Waals surface area (Å²) in [7, 11) is 0. The average Bonchev–Trinajstić information content (AvgIpc) is 3.22. The summed E-state index contributed by atoms with van der Waals surface area (Å²) < 4.78 is 4.65. The topological polar surface area (TPSA) is 26.0 Å². The molecule has 1 aliphatic rings. The summed E-state index contributed by atoms with van der Waals surface area (Å²) in [6.07, 6.45) is 2.94. The molecule has 0 unspecified atom stereocenters. The zero-order valence-electron chi connectivity index (χ0n) is 14.3. The number of halogens is 1. The first-order chi connectivity index (χ1) is 12.7. The SMILES string of the molecule is C=CCn1c(-c2ccc(Cl)cc2)nn(CN2CCc3sccc3C2)c1=S. The highest BCUT2D eigenvalue weighted by Crippen LogP contribution is 2.25. The fourth-order valence-corrected chi connectivity index (χ4v) is 4.53. The first kappa shape index (κ1) is 17.7. The van der Waals surface area contributed by atoms with Gasteiger partial charge in [0.2, 0.25) is 0 Å². The van der Waals surface area contributed by atoms with Gasteiger partial charge in [0.25, 0.3) is 0 Å². The molecule has 4 nitrogen and oxygen atoms in total. The van der Waals surface area contributed by atoms with Crippen molar-refractivity contribution < 1.29 is 0 Å². The van der Waals surface area contributed by atoms with Crippen molar-refractivity contribution in [1.29, 1.82) is 0 Å². The van der Waals surface area contributed by atoms with Crippen molar-refractivity contribution in [2.24, 2.45) is 0 Å². The summed E-state index contributed by atoms with van der Waals surface area (Å²) in [5.41, 5.74) is 2.43. The van der Waals surface area contributed by atoms with Gasteiger partial charge in [0.15, 0.2) is 10.6 Å². The Kier molecular flexibility index (Phi) is 5.09. The van der Waals surface area contributed by atoms with Crippen molar-refractivity contribution in [3.63, 3.8) is 0 Å². The van der Waals surface area contributed by atoms with Gasteiger partial charge < -0.3 is 0 Å². The molecule has 134 valence electrons. The Bertz CT molecular complexity index is 984. The molecule has 0 atom stereocenters. The van der Waals surface area contributed by atoms with Crippen LogP contribution in [0.1, 0.15) is 10.4 Å². The van der Waals surface area contributed by atoms with E-state index in [0.29, 0.717) is 23.0 Å². The van der Waals surface area contributed by atoms with Gasteiger partial charge in [-0.2, -0.15) is 5.10 Å². The van der Waals surface area contributed by atoms with Crippen molar-refractivity contribution in [3.05, 3.63) is 68.6 Å². The number of thiophene rings is 1. The molecular weight excluding hydrogens is 384 g/mol. The van der Waals surface area contributed by atoms with Crippen LogP contribution in [0.4, 0.5) is 0 Å². The second kappa shape index (κ2) is 7.48. The maximum Gasteiger partial charge on any atom is 0.199 e. The van der Waals surface area contributed by atoms with Crippen LogP contribution in [-0.2, 0) is 26.2 Å². The van der Waals surface area contributed by atoms with E-state index in [0.717, 1.165) is 30.9 Å². The smallest absolute Gasteiger partial charge is 0.199 e. The lowest BCUT2D eigenvalue weighted by molar-refractivity contribution is 0.189. The molecule has 0 spiro atoms. The van der Waals surface area contributed by atoms with Gasteiger partial charge in [-0.15, -0.1) is 17.9 Å². The fourth-order valence-electron chi connectivity index (χ4n) is 3.26. The Balaban J connectivity index is 1.64. The third-order valence-corrected chi connectivity index (χ3v) is 6.26. The second-order valence-corrected chi connectivity index (χ2v) is 8.13. The molecule has 4 rings (SSSR count). The second-order valence-electron chi connectivity index (χ2n) is 6.32. The Morgan fingerprint density at radius 3 is 2.85 bits per heavy atom. The molecular formula is C19H19ClN4S2. The van der Waals surface area contributed by atoms with Crippen LogP contribution >= 0.6 is 35.2 Å². The number of fused-ring (bicyclic) bond motifs is 1. The summed E-state index contributed by atoms with van der Waals surface area (Å²) in [5, 5.41) is 7.70. The molecule has 0 fully saturated rings. The zero-order chi connectivity index (χ0) is 18.1. The van der Waals surface area contributed by atoms with Crippen LogP contribution in [0.3, 0.4) is 0 Å². The zero-order valence-corrected chi connectivity index (χ0v) is 16.7. The molecule has 0 bridgehead atoms. The molecule has 1 aromatic carbocycles. The quantitative estimate of drug-likeness (QED) is 0.443. The summed E-state index contributed by atoms with van der Waals surface area (Å²) in [5.74, 6) is 0.847. The molecule has 0 saturated heterocycles. The van der Waals surface area contributed by atoms with E-state index in [1.54, 1.807) is 0 Å². The lowest BCUT2D eigenvalue weighted by atomic mass is 10.1. The van der Waals surface area contributed by atoms with Crippen molar-refractivity contribution in [2.75, 3.05) is 6.54 Å². The minimum atomic E-state index is 0.630. The van der Waals surface area contributed by atoms with Gasteiger partial charge in [-0.3, -0.25) is 9.47 Å². The van der Waals surface area contributed by atoms with E-state index in [4.69, 9.17) is 28.9 Å². The van der Waals surface area contributed by atoms with Crippen molar-refractivity contribution in [3.8, 4) is 11.4 Å². The maximum absolute atomic E-state index is 6.02. The number of hydrogen-bond acceptors (Lipinski definition) is 4. The van der Waals surface area contributed by atoms with Gasteiger partial charge in [-0.1, -0.05) is 17.7 Å². The highest BCUT2D eigenvalue weighted by atomic mass is 35.5. The Morgan fingerprint density at radius 1 is 1.27 bits per heavy atom. The first-order valence-corrected chi connectivity index (χ1v) is 10.1. The highest BCUT2D eigenvalue weighted by molar-refractivity contribution is 7.71. The van der Waals surface area contributed by atoms with E-state index in [-0.39, 0.29) is 0 Å². The Morgan fingerprint density at radius 2 is 2.08 bits per heavy atom. The molecule has 3 heterocycles. The predicted molar refractivity (Wildman–Crippen MR) is 110 cm³/mol. The Hall–Kier alpha value is -1.73. The van der Waals surface area contributed by atoms with Crippen LogP contribution in [-0.4, -0.2) is 25.8 Å². The van der Waals surface area contributed by atoms with E-state index in [9.17, 15) is 0 Å². The molecule has 7 heteroatoms. The number of aromatic nitrogens is 3. The number of hydrogen-bond donors (Lipinski definition) is 0. The molecule has 0 amide bonds. The van der Waals surface area contributed by atoms with Crippen LogP contribution in [0.25, 0.3) is 11.4 Å². The highest BCUT2D eigenvalue weighted by Gasteiger charge is 2.19. The molecule has 0 radical (unpaired) electrons. The lowest BCUT2D eigenvalue weighted by Gasteiger charge is -2.26. The van der Waals surface area contributed by atoms with Gasteiger partial charge in [0, 0.05) is 35.1 Å². The predicted octanol–water partition coefficient (Wildman–Crippen LogP) is 5.00. The van der Waals surface area contributed by atoms with Gasteiger partial charge in [0.05, 0.1) is 6.67 Å². The van der Waals surface area contributed by atoms with Gasteiger partial charge >= 0.3 is 0 Å². The largest absolute Gasteiger partial charge is 0.296 e. The monoisotopic (exact) mass is 402 g/mol. The molecule has 0 N–H and O–H groups in total. The molecule has 26 heavy (non-hydrogen) atoms. The number of allylic oxidation sites excluding steroid dienone is 1. The maximum atomic E-state index is 6.02. The third-order valence-electron chi connectivity index (χ3n) is 4.56. The molecule has 0 saturated carbocycles. The van der Waals surface area contributed by atoms with Crippen LogP contribution < -0.4 is 0 Å². The number of nitrogens with zero attached hydrogens (tertiary/aromatic N) is 4. The average molecular weight is 403 g/mol. The minimum Gasteiger partial charge on any atom is -0.296 e. The summed E-state index contributed by atoms with van der Waals surface area (Å²) in [6.45, 7) is 7.16. The van der Waals surface area contributed by atoms with E-state index < -0.39 is 0 Å². The molecule has 0 aliphatic carbocycles.